The van der Waals surface area contributed by atoms with Crippen molar-refractivity contribution in [2.24, 2.45) is 0 Å². The molecular formula is C15H20F6O2Si. The Morgan fingerprint density at radius 2 is 1.29 bits per heavy atom. The number of alkyl halides is 6. The van der Waals surface area contributed by atoms with Crippen molar-refractivity contribution in [2.75, 3.05) is 14.2 Å². The molecule has 9 heteroatoms. The predicted molar refractivity (Wildman–Crippen MR) is 79.8 cm³/mol. The number of hydrogen-bond acceptors (Lipinski definition) is 2. The first kappa shape index (κ1) is 21.0. The van der Waals surface area contributed by atoms with Gasteiger partial charge in [-0.05, 0) is 49.2 Å². The highest BCUT2D eigenvalue weighted by atomic mass is 28.4. The summed E-state index contributed by atoms with van der Waals surface area (Å²) in [7, 11) is 0.775. The molecule has 0 aliphatic heterocycles. The smallest absolute Gasteiger partial charge is 0.398 e. The maximum Gasteiger partial charge on any atom is 0.416 e. The van der Waals surface area contributed by atoms with Crippen molar-refractivity contribution in [3.05, 3.63) is 34.9 Å². The van der Waals surface area contributed by atoms with Gasteiger partial charge < -0.3 is 8.85 Å². The minimum Gasteiger partial charge on any atom is -0.398 e. The van der Waals surface area contributed by atoms with Gasteiger partial charge in [0.15, 0.2) is 0 Å². The van der Waals surface area contributed by atoms with E-state index in [1.165, 1.54) is 14.2 Å². The van der Waals surface area contributed by atoms with Crippen LogP contribution < -0.4 is 0 Å². The Hall–Kier alpha value is -1.06. The summed E-state index contributed by atoms with van der Waals surface area (Å²) in [6.45, 7) is 1.85. The molecule has 0 bridgehead atoms. The third-order valence-corrected chi connectivity index (χ3v) is 6.85. The Labute approximate surface area is 138 Å². The first-order chi connectivity index (χ1) is 10.9. The Morgan fingerprint density at radius 1 is 0.833 bits per heavy atom. The molecule has 0 aliphatic rings. The zero-order valence-corrected chi connectivity index (χ0v) is 14.6. The van der Waals surface area contributed by atoms with Gasteiger partial charge in [0.25, 0.3) is 0 Å². The number of benzene rings is 1. The van der Waals surface area contributed by atoms with E-state index in [0.717, 1.165) is 12.1 Å². The lowest BCUT2D eigenvalue weighted by Crippen LogP contribution is -2.35. The van der Waals surface area contributed by atoms with E-state index in [1.54, 1.807) is 0 Å². The van der Waals surface area contributed by atoms with Crippen molar-refractivity contribution in [3.63, 3.8) is 0 Å². The lowest BCUT2D eigenvalue weighted by atomic mass is 10.0. The molecule has 0 spiro atoms. The number of unbranched alkanes of at least 4 members (excludes halogenated alkanes) is 1. The highest BCUT2D eigenvalue weighted by Crippen LogP contribution is 2.36. The zero-order valence-electron chi connectivity index (χ0n) is 13.6. The molecule has 0 fully saturated rings. The first-order valence-electron chi connectivity index (χ1n) is 7.30. The Morgan fingerprint density at radius 3 is 1.67 bits per heavy atom. The van der Waals surface area contributed by atoms with Gasteiger partial charge in [-0.2, -0.15) is 26.3 Å². The summed E-state index contributed by atoms with van der Waals surface area (Å²) in [5, 5.41) is 0. The van der Waals surface area contributed by atoms with Crippen molar-refractivity contribution in [3.8, 4) is 0 Å². The van der Waals surface area contributed by atoms with Gasteiger partial charge in [-0.25, -0.2) is 0 Å². The van der Waals surface area contributed by atoms with E-state index < -0.39 is 32.0 Å². The fourth-order valence-electron chi connectivity index (χ4n) is 2.23. The van der Waals surface area contributed by atoms with Crippen LogP contribution in [-0.2, 0) is 27.6 Å². The van der Waals surface area contributed by atoms with E-state index in [-0.39, 0.29) is 18.1 Å². The van der Waals surface area contributed by atoms with Crippen LogP contribution in [0.2, 0.25) is 12.6 Å². The third-order valence-electron chi connectivity index (χ3n) is 3.86. The summed E-state index contributed by atoms with van der Waals surface area (Å²) in [4.78, 5) is 0. The molecule has 0 amide bonds. The fourth-order valence-corrected chi connectivity index (χ4v) is 3.69. The van der Waals surface area contributed by atoms with Gasteiger partial charge in [0.2, 0.25) is 0 Å². The van der Waals surface area contributed by atoms with E-state index in [4.69, 9.17) is 8.85 Å². The Bertz CT molecular complexity index is 505. The molecule has 24 heavy (non-hydrogen) atoms. The quantitative estimate of drug-likeness (QED) is 0.361. The Balaban J connectivity index is 2.84. The minimum absolute atomic E-state index is 0.0235. The Kier molecular flexibility index (Phi) is 6.89. The molecule has 0 heterocycles. The monoisotopic (exact) mass is 374 g/mol. The third kappa shape index (κ3) is 6.10. The largest absolute Gasteiger partial charge is 0.416 e. The van der Waals surface area contributed by atoms with Crippen LogP contribution in [-0.4, -0.2) is 22.8 Å². The van der Waals surface area contributed by atoms with Crippen molar-refractivity contribution in [1.29, 1.82) is 0 Å². The van der Waals surface area contributed by atoms with E-state index >= 15 is 0 Å². The normalized spacial score (nSPS) is 13.4. The van der Waals surface area contributed by atoms with Gasteiger partial charge >= 0.3 is 20.9 Å². The molecular weight excluding hydrogens is 354 g/mol. The zero-order chi connectivity index (χ0) is 18.6. The molecule has 0 aliphatic carbocycles. The van der Waals surface area contributed by atoms with Crippen LogP contribution >= 0.6 is 0 Å². The summed E-state index contributed by atoms with van der Waals surface area (Å²) >= 11 is 0. The van der Waals surface area contributed by atoms with Crippen LogP contribution in [0.5, 0.6) is 0 Å². The molecule has 2 nitrogen and oxygen atoms in total. The molecule has 1 rings (SSSR count). The lowest BCUT2D eigenvalue weighted by molar-refractivity contribution is -0.143. The highest BCUT2D eigenvalue weighted by Gasteiger charge is 2.36. The SMILES string of the molecule is CO[Si](C)(CCCCc1cc(C(F)(F)F)cc(C(F)(F)F)c1)OC. The molecule has 0 atom stereocenters. The average molecular weight is 374 g/mol. The lowest BCUT2D eigenvalue weighted by Gasteiger charge is -2.22. The summed E-state index contributed by atoms with van der Waals surface area (Å²) in [6.07, 6.45) is -8.44. The molecule has 1 aromatic carbocycles. The maximum atomic E-state index is 12.8. The van der Waals surface area contributed by atoms with Gasteiger partial charge in [0, 0.05) is 14.2 Å². The molecule has 0 saturated carbocycles. The van der Waals surface area contributed by atoms with Crippen molar-refractivity contribution < 1.29 is 35.2 Å². The molecule has 138 valence electrons. The van der Waals surface area contributed by atoms with Gasteiger partial charge in [0.05, 0.1) is 11.1 Å². The summed E-state index contributed by atoms with van der Waals surface area (Å²) in [6, 6.07) is 2.31. The van der Waals surface area contributed by atoms with Gasteiger partial charge in [-0.1, -0.05) is 6.42 Å². The molecule has 1 aromatic rings. The second-order valence-electron chi connectivity index (χ2n) is 5.66. The second-order valence-corrected chi connectivity index (χ2v) is 9.25. The van der Waals surface area contributed by atoms with Crippen LogP contribution in [0.4, 0.5) is 26.3 Å². The molecule has 0 N–H and O–H groups in total. The van der Waals surface area contributed by atoms with Crippen LogP contribution in [0.3, 0.4) is 0 Å². The average Bonchev–Trinajstić information content (AvgIpc) is 2.49. The van der Waals surface area contributed by atoms with E-state index in [9.17, 15) is 26.3 Å². The van der Waals surface area contributed by atoms with Crippen LogP contribution in [0, 0.1) is 0 Å². The van der Waals surface area contributed by atoms with Crippen molar-refractivity contribution >= 4 is 8.56 Å². The van der Waals surface area contributed by atoms with E-state index in [0.29, 0.717) is 18.9 Å². The topological polar surface area (TPSA) is 18.5 Å². The van der Waals surface area contributed by atoms with Crippen LogP contribution in [0.1, 0.15) is 29.5 Å². The molecule has 0 aromatic heterocycles. The highest BCUT2D eigenvalue weighted by molar-refractivity contribution is 6.65. The number of rotatable bonds is 7. The standard InChI is InChI=1S/C15H20F6O2Si/c1-22-24(3,23-2)7-5-4-6-11-8-12(14(16,17)18)10-13(9-11)15(19,20)21/h8-10H,4-7H2,1-3H3. The van der Waals surface area contributed by atoms with E-state index in [2.05, 4.69) is 0 Å². The first-order valence-corrected chi connectivity index (χ1v) is 9.82. The number of halogens is 6. The molecule has 0 saturated heterocycles. The molecule has 0 unspecified atom stereocenters. The van der Waals surface area contributed by atoms with Crippen molar-refractivity contribution in [2.45, 2.75) is 44.2 Å². The van der Waals surface area contributed by atoms with Gasteiger partial charge in [0.1, 0.15) is 0 Å². The predicted octanol–water partition coefficient (Wildman–Crippen LogP) is 5.41. The van der Waals surface area contributed by atoms with Crippen LogP contribution in [0.25, 0.3) is 0 Å². The van der Waals surface area contributed by atoms with Crippen molar-refractivity contribution in [1.82, 2.24) is 0 Å². The van der Waals surface area contributed by atoms with Crippen LogP contribution in [0.15, 0.2) is 18.2 Å². The maximum absolute atomic E-state index is 12.8. The van der Waals surface area contributed by atoms with E-state index in [1.807, 2.05) is 6.55 Å². The summed E-state index contributed by atoms with van der Waals surface area (Å²) < 4.78 is 87.2. The van der Waals surface area contributed by atoms with Gasteiger partial charge in [-0.3, -0.25) is 0 Å². The molecule has 0 radical (unpaired) electrons. The summed E-state index contributed by atoms with van der Waals surface area (Å²) in [5.41, 5.74) is -2.53. The van der Waals surface area contributed by atoms with Gasteiger partial charge in [-0.15, -0.1) is 0 Å². The number of hydrogen-bond donors (Lipinski definition) is 0. The second kappa shape index (κ2) is 7.88. The number of aryl methyl sites for hydroxylation is 1. The fraction of sp³-hybridized carbons (Fsp3) is 0.600. The minimum atomic E-state index is -4.81. The summed E-state index contributed by atoms with van der Waals surface area (Å²) in [5.74, 6) is 0.